The van der Waals surface area contributed by atoms with Gasteiger partial charge in [0.2, 0.25) is 5.91 Å². The molecular formula is C27H28N4O5S. The van der Waals surface area contributed by atoms with Crippen LogP contribution in [-0.2, 0) is 11.4 Å². The molecule has 0 spiro atoms. The first kappa shape index (κ1) is 25.9. The molecule has 0 radical (unpaired) electrons. The van der Waals surface area contributed by atoms with E-state index in [1.165, 1.54) is 18.9 Å². The van der Waals surface area contributed by atoms with E-state index in [1.54, 1.807) is 32.4 Å². The van der Waals surface area contributed by atoms with Gasteiger partial charge in [-0.05, 0) is 55.5 Å². The largest absolute Gasteiger partial charge is 0.497 e. The standard InChI is InChI=1S/C27H28N4O5S/c1-18-5-9-21(10-6-18)36-16-25-29-30-27(31(25)19-7-11-20(33-2)12-8-19)37-17-26(32)28-23-14-13-22(34-3)15-24(23)35-4/h5-15H,16-17H2,1-4H3,(H,28,32). The van der Waals surface area contributed by atoms with E-state index >= 15 is 0 Å². The molecule has 0 saturated heterocycles. The Bertz CT molecular complexity index is 1340. The Morgan fingerprint density at radius 3 is 2.22 bits per heavy atom. The molecule has 0 fully saturated rings. The molecule has 4 rings (SSSR count). The molecular weight excluding hydrogens is 492 g/mol. The third kappa shape index (κ3) is 6.53. The summed E-state index contributed by atoms with van der Waals surface area (Å²) >= 11 is 1.27. The number of nitrogens with one attached hydrogen (secondary N) is 1. The van der Waals surface area contributed by atoms with Gasteiger partial charge in [0.15, 0.2) is 11.0 Å². The number of anilines is 1. The highest BCUT2D eigenvalue weighted by molar-refractivity contribution is 7.99. The molecule has 0 atom stereocenters. The Balaban J connectivity index is 1.51. The van der Waals surface area contributed by atoms with Crippen molar-refractivity contribution >= 4 is 23.4 Å². The fraction of sp³-hybridized carbons (Fsp3) is 0.222. The highest BCUT2D eigenvalue weighted by atomic mass is 32.2. The average molecular weight is 521 g/mol. The van der Waals surface area contributed by atoms with Crippen molar-refractivity contribution in [1.29, 1.82) is 0 Å². The minimum absolute atomic E-state index is 0.113. The molecule has 0 unspecified atom stereocenters. The van der Waals surface area contributed by atoms with Crippen LogP contribution < -0.4 is 24.3 Å². The number of carbonyl (C=O) groups is 1. The highest BCUT2D eigenvalue weighted by Crippen LogP contribution is 2.30. The van der Waals surface area contributed by atoms with Crippen LogP contribution >= 0.6 is 11.8 Å². The van der Waals surface area contributed by atoms with Crippen molar-refractivity contribution in [3.63, 3.8) is 0 Å². The van der Waals surface area contributed by atoms with Gasteiger partial charge in [0, 0.05) is 11.8 Å². The van der Waals surface area contributed by atoms with Crippen molar-refractivity contribution in [2.45, 2.75) is 18.7 Å². The summed E-state index contributed by atoms with van der Waals surface area (Å²) in [6, 6.07) is 20.5. The average Bonchev–Trinajstić information content (AvgIpc) is 3.34. The number of methoxy groups -OCH3 is 3. The van der Waals surface area contributed by atoms with Gasteiger partial charge in [0.25, 0.3) is 0 Å². The molecule has 3 aromatic carbocycles. The van der Waals surface area contributed by atoms with Crippen molar-refractivity contribution in [3.05, 3.63) is 78.1 Å². The van der Waals surface area contributed by atoms with Gasteiger partial charge in [-0.3, -0.25) is 9.36 Å². The molecule has 1 N–H and O–H groups in total. The highest BCUT2D eigenvalue weighted by Gasteiger charge is 2.17. The third-order valence-electron chi connectivity index (χ3n) is 5.44. The fourth-order valence-electron chi connectivity index (χ4n) is 3.48. The Kier molecular flexibility index (Phi) is 8.52. The second-order valence-electron chi connectivity index (χ2n) is 7.94. The topological polar surface area (TPSA) is 96.7 Å². The van der Waals surface area contributed by atoms with Crippen molar-refractivity contribution in [1.82, 2.24) is 14.8 Å². The number of benzene rings is 3. The van der Waals surface area contributed by atoms with E-state index in [9.17, 15) is 4.79 Å². The number of aromatic nitrogens is 3. The monoisotopic (exact) mass is 520 g/mol. The Labute approximate surface area is 219 Å². The van der Waals surface area contributed by atoms with Gasteiger partial charge in [0.1, 0.15) is 29.6 Å². The maximum Gasteiger partial charge on any atom is 0.234 e. The summed E-state index contributed by atoms with van der Waals surface area (Å²) in [5.41, 5.74) is 2.53. The smallest absolute Gasteiger partial charge is 0.234 e. The van der Waals surface area contributed by atoms with Crippen LogP contribution in [0, 0.1) is 6.92 Å². The van der Waals surface area contributed by atoms with Crippen LogP contribution in [0.2, 0.25) is 0 Å². The lowest BCUT2D eigenvalue weighted by Crippen LogP contribution is -2.15. The maximum atomic E-state index is 12.8. The van der Waals surface area contributed by atoms with Crippen LogP contribution in [0.15, 0.2) is 71.9 Å². The summed E-state index contributed by atoms with van der Waals surface area (Å²) in [7, 11) is 4.73. The van der Waals surface area contributed by atoms with E-state index in [2.05, 4.69) is 15.5 Å². The lowest BCUT2D eigenvalue weighted by Gasteiger charge is -2.13. The van der Waals surface area contributed by atoms with Gasteiger partial charge >= 0.3 is 0 Å². The number of amides is 1. The minimum Gasteiger partial charge on any atom is -0.497 e. The molecule has 1 aromatic heterocycles. The molecule has 1 amide bonds. The zero-order valence-corrected chi connectivity index (χ0v) is 21.9. The van der Waals surface area contributed by atoms with Crippen molar-refractivity contribution in [2.75, 3.05) is 32.4 Å². The molecule has 37 heavy (non-hydrogen) atoms. The van der Waals surface area contributed by atoms with Crippen LogP contribution in [0.4, 0.5) is 5.69 Å². The minimum atomic E-state index is -0.213. The molecule has 1 heterocycles. The zero-order chi connectivity index (χ0) is 26.2. The van der Waals surface area contributed by atoms with Gasteiger partial charge in [-0.2, -0.15) is 0 Å². The lowest BCUT2D eigenvalue weighted by molar-refractivity contribution is -0.113. The van der Waals surface area contributed by atoms with Crippen molar-refractivity contribution in [3.8, 4) is 28.7 Å². The number of aryl methyl sites for hydroxylation is 1. The van der Waals surface area contributed by atoms with Gasteiger partial charge in [-0.15, -0.1) is 10.2 Å². The van der Waals surface area contributed by atoms with E-state index in [0.717, 1.165) is 22.7 Å². The van der Waals surface area contributed by atoms with Crippen LogP contribution in [0.25, 0.3) is 5.69 Å². The van der Waals surface area contributed by atoms with Gasteiger partial charge in [0.05, 0.1) is 32.8 Å². The van der Waals surface area contributed by atoms with Gasteiger partial charge in [-0.1, -0.05) is 29.5 Å². The number of hydrogen-bond donors (Lipinski definition) is 1. The molecule has 0 aliphatic rings. The first-order valence-electron chi connectivity index (χ1n) is 11.4. The molecule has 0 bridgehead atoms. The van der Waals surface area contributed by atoms with E-state index in [-0.39, 0.29) is 18.3 Å². The molecule has 9 nitrogen and oxygen atoms in total. The molecule has 4 aromatic rings. The molecule has 0 aliphatic heterocycles. The number of ether oxygens (including phenoxy) is 4. The summed E-state index contributed by atoms with van der Waals surface area (Å²) in [6.07, 6.45) is 0. The summed E-state index contributed by atoms with van der Waals surface area (Å²) in [4.78, 5) is 12.8. The molecule has 0 aliphatic carbocycles. The summed E-state index contributed by atoms with van der Waals surface area (Å²) in [5.74, 6) is 3.11. The number of hydrogen-bond acceptors (Lipinski definition) is 8. The second-order valence-corrected chi connectivity index (χ2v) is 8.88. The Morgan fingerprint density at radius 1 is 0.865 bits per heavy atom. The second kappa shape index (κ2) is 12.2. The third-order valence-corrected chi connectivity index (χ3v) is 6.36. The number of carbonyl (C=O) groups excluding carboxylic acids is 1. The predicted molar refractivity (Wildman–Crippen MR) is 142 cm³/mol. The Morgan fingerprint density at radius 2 is 1.54 bits per heavy atom. The Hall–Kier alpha value is -4.18. The summed E-state index contributed by atoms with van der Waals surface area (Å²) in [5, 5.41) is 12.1. The maximum absolute atomic E-state index is 12.8. The first-order valence-corrected chi connectivity index (χ1v) is 12.4. The summed E-state index contributed by atoms with van der Waals surface area (Å²) < 4.78 is 23.7. The SMILES string of the molecule is COc1ccc(-n2c(COc3ccc(C)cc3)nnc2SCC(=O)Nc2ccc(OC)cc2OC)cc1. The first-order chi connectivity index (χ1) is 18.0. The normalized spacial score (nSPS) is 10.6. The molecule has 10 heteroatoms. The molecule has 192 valence electrons. The van der Waals surface area contributed by atoms with Crippen LogP contribution in [0.3, 0.4) is 0 Å². The summed E-state index contributed by atoms with van der Waals surface area (Å²) in [6.45, 7) is 2.23. The van der Waals surface area contributed by atoms with Crippen LogP contribution in [-0.4, -0.2) is 47.8 Å². The van der Waals surface area contributed by atoms with Crippen LogP contribution in [0.5, 0.6) is 23.0 Å². The predicted octanol–water partition coefficient (Wildman–Crippen LogP) is 4.91. The number of rotatable bonds is 11. The van der Waals surface area contributed by atoms with Gasteiger partial charge in [-0.25, -0.2) is 0 Å². The number of nitrogens with zero attached hydrogens (tertiary/aromatic N) is 3. The lowest BCUT2D eigenvalue weighted by atomic mass is 10.2. The van der Waals surface area contributed by atoms with Crippen molar-refractivity contribution < 1.29 is 23.7 Å². The van der Waals surface area contributed by atoms with Crippen LogP contribution in [0.1, 0.15) is 11.4 Å². The van der Waals surface area contributed by atoms with E-state index < -0.39 is 0 Å². The number of thioether (sulfide) groups is 1. The quantitative estimate of drug-likeness (QED) is 0.279. The van der Waals surface area contributed by atoms with Gasteiger partial charge < -0.3 is 24.3 Å². The fourth-order valence-corrected chi connectivity index (χ4v) is 4.25. The van der Waals surface area contributed by atoms with E-state index in [4.69, 9.17) is 18.9 Å². The van der Waals surface area contributed by atoms with E-state index in [1.807, 2.05) is 60.0 Å². The zero-order valence-electron chi connectivity index (χ0n) is 21.1. The van der Waals surface area contributed by atoms with Crippen molar-refractivity contribution in [2.24, 2.45) is 0 Å². The molecule has 0 saturated carbocycles. The van der Waals surface area contributed by atoms with E-state index in [0.29, 0.717) is 28.2 Å².